The number of anilines is 1. The lowest BCUT2D eigenvalue weighted by Crippen LogP contribution is -2.14. The number of carbonyl (C=O) groups excluding carboxylic acids is 1. The van der Waals surface area contributed by atoms with Crippen molar-refractivity contribution in [2.45, 2.75) is 6.42 Å². The van der Waals surface area contributed by atoms with E-state index in [2.05, 4.69) is 0 Å². The quantitative estimate of drug-likeness (QED) is 0.547. The minimum absolute atomic E-state index is 0.0996. The zero-order valence-corrected chi connectivity index (χ0v) is 14.1. The van der Waals surface area contributed by atoms with Crippen LogP contribution in [0.5, 0.6) is 0 Å². The maximum atomic E-state index is 12.4. The van der Waals surface area contributed by atoms with E-state index in [0.717, 1.165) is 27.0 Å². The lowest BCUT2D eigenvalue weighted by molar-refractivity contribution is 0.0992. The average molecular weight is 364 g/mol. The van der Waals surface area contributed by atoms with E-state index in [0.29, 0.717) is 15.7 Å². The SMILES string of the molecule is Nc1cc(CC(=O)c2cc3ccc(Cl)cc3sc2=O)ccc1Cl. The average Bonchev–Trinajstić information content (AvgIpc) is 2.50. The van der Waals surface area contributed by atoms with E-state index in [1.54, 1.807) is 42.5 Å². The van der Waals surface area contributed by atoms with Crippen LogP contribution in [-0.4, -0.2) is 5.78 Å². The molecule has 0 bridgehead atoms. The molecule has 0 spiro atoms. The molecule has 0 atom stereocenters. The normalized spacial score (nSPS) is 10.9. The summed E-state index contributed by atoms with van der Waals surface area (Å²) in [5.41, 5.74) is 7.05. The second-order valence-corrected chi connectivity index (χ2v) is 6.94. The van der Waals surface area contributed by atoms with Gasteiger partial charge in [-0.3, -0.25) is 9.59 Å². The molecule has 0 aliphatic rings. The molecule has 3 nitrogen and oxygen atoms in total. The van der Waals surface area contributed by atoms with Crippen molar-refractivity contribution in [2.24, 2.45) is 0 Å². The number of hydrogen-bond acceptors (Lipinski definition) is 4. The number of Topliss-reactive ketones (excluding diaryl/α,β-unsaturated/α-hetero) is 1. The van der Waals surface area contributed by atoms with Crippen LogP contribution in [0, 0.1) is 0 Å². The Bertz CT molecular complexity index is 982. The Balaban J connectivity index is 1.97. The van der Waals surface area contributed by atoms with Crippen LogP contribution in [0.15, 0.2) is 47.3 Å². The Morgan fingerprint density at radius 2 is 1.87 bits per heavy atom. The lowest BCUT2D eigenvalue weighted by Gasteiger charge is -2.05. The molecule has 0 saturated heterocycles. The number of halogens is 2. The van der Waals surface area contributed by atoms with Gasteiger partial charge in [0.2, 0.25) is 4.74 Å². The molecule has 1 aromatic heterocycles. The van der Waals surface area contributed by atoms with Crippen molar-refractivity contribution in [1.29, 1.82) is 0 Å². The topological polar surface area (TPSA) is 60.2 Å². The molecule has 0 aliphatic carbocycles. The van der Waals surface area contributed by atoms with Crippen LogP contribution in [-0.2, 0) is 6.42 Å². The maximum Gasteiger partial charge on any atom is 0.243 e. The molecule has 2 aromatic carbocycles. The zero-order chi connectivity index (χ0) is 16.6. The van der Waals surface area contributed by atoms with Crippen LogP contribution in [0.25, 0.3) is 10.1 Å². The monoisotopic (exact) mass is 363 g/mol. The number of benzene rings is 2. The van der Waals surface area contributed by atoms with Gasteiger partial charge in [-0.15, -0.1) is 0 Å². The van der Waals surface area contributed by atoms with Gasteiger partial charge < -0.3 is 5.73 Å². The third-order valence-electron chi connectivity index (χ3n) is 3.42. The third-order valence-corrected chi connectivity index (χ3v) is 4.98. The van der Waals surface area contributed by atoms with Crippen LogP contribution in [0.4, 0.5) is 5.69 Å². The summed E-state index contributed by atoms with van der Waals surface area (Å²) in [6.07, 6.45) is 0.0996. The summed E-state index contributed by atoms with van der Waals surface area (Å²) in [4.78, 5) is 24.7. The largest absolute Gasteiger partial charge is 0.398 e. The molecular weight excluding hydrogens is 353 g/mol. The summed E-state index contributed by atoms with van der Waals surface area (Å²) in [6.45, 7) is 0. The van der Waals surface area contributed by atoms with Crippen molar-refractivity contribution in [2.75, 3.05) is 5.73 Å². The minimum Gasteiger partial charge on any atom is -0.398 e. The van der Waals surface area contributed by atoms with E-state index < -0.39 is 0 Å². The molecule has 0 radical (unpaired) electrons. The van der Waals surface area contributed by atoms with Gasteiger partial charge >= 0.3 is 0 Å². The van der Waals surface area contributed by atoms with E-state index >= 15 is 0 Å². The number of carbonyl (C=O) groups is 1. The highest BCUT2D eigenvalue weighted by molar-refractivity contribution is 7.16. The Hall–Kier alpha value is -1.88. The van der Waals surface area contributed by atoms with Crippen LogP contribution in [0.3, 0.4) is 0 Å². The molecular formula is C17H11Cl2NO2S. The minimum atomic E-state index is -0.272. The van der Waals surface area contributed by atoms with Gasteiger partial charge in [0.25, 0.3) is 0 Å². The van der Waals surface area contributed by atoms with Crippen molar-refractivity contribution in [1.82, 2.24) is 0 Å². The second-order valence-electron chi connectivity index (χ2n) is 5.09. The van der Waals surface area contributed by atoms with Crippen molar-refractivity contribution < 1.29 is 4.79 Å². The maximum absolute atomic E-state index is 12.4. The van der Waals surface area contributed by atoms with Crippen LogP contribution in [0.1, 0.15) is 15.9 Å². The van der Waals surface area contributed by atoms with Gasteiger partial charge in [0, 0.05) is 16.1 Å². The van der Waals surface area contributed by atoms with Gasteiger partial charge in [-0.1, -0.05) is 46.7 Å². The van der Waals surface area contributed by atoms with Crippen LogP contribution in [0.2, 0.25) is 10.0 Å². The molecule has 0 amide bonds. The smallest absolute Gasteiger partial charge is 0.243 e. The van der Waals surface area contributed by atoms with Gasteiger partial charge in [-0.05, 0) is 41.3 Å². The fourth-order valence-corrected chi connectivity index (χ4v) is 3.53. The molecule has 3 aromatic rings. The number of fused-ring (bicyclic) bond motifs is 1. The van der Waals surface area contributed by atoms with E-state index in [9.17, 15) is 9.59 Å². The first-order chi connectivity index (χ1) is 10.9. The van der Waals surface area contributed by atoms with E-state index in [1.807, 2.05) is 0 Å². The van der Waals surface area contributed by atoms with E-state index in [4.69, 9.17) is 28.9 Å². The Kier molecular flexibility index (Phi) is 4.39. The first kappa shape index (κ1) is 16.0. The van der Waals surface area contributed by atoms with Crippen molar-refractivity contribution in [3.63, 3.8) is 0 Å². The number of nitrogen functional groups attached to an aromatic ring is 1. The van der Waals surface area contributed by atoms with Gasteiger partial charge in [-0.2, -0.15) is 0 Å². The fraction of sp³-hybridized carbons (Fsp3) is 0.0588. The van der Waals surface area contributed by atoms with Gasteiger partial charge in [0.05, 0.1) is 16.3 Å². The Labute approximate surface area is 146 Å². The van der Waals surface area contributed by atoms with Crippen molar-refractivity contribution in [3.8, 4) is 0 Å². The molecule has 0 unspecified atom stereocenters. The number of hydrogen-bond donors (Lipinski definition) is 1. The van der Waals surface area contributed by atoms with E-state index in [-0.39, 0.29) is 22.5 Å². The van der Waals surface area contributed by atoms with Gasteiger partial charge in [0.15, 0.2) is 5.78 Å². The summed E-state index contributed by atoms with van der Waals surface area (Å²) in [5.74, 6) is -0.246. The summed E-state index contributed by atoms with van der Waals surface area (Å²) in [7, 11) is 0. The Morgan fingerprint density at radius 1 is 1.09 bits per heavy atom. The van der Waals surface area contributed by atoms with Gasteiger partial charge in [-0.25, -0.2) is 0 Å². The highest BCUT2D eigenvalue weighted by Crippen LogP contribution is 2.23. The number of rotatable bonds is 3. The first-order valence-electron chi connectivity index (χ1n) is 6.74. The summed E-state index contributed by atoms with van der Waals surface area (Å²) >= 11 is 12.8. The van der Waals surface area contributed by atoms with Crippen molar-refractivity contribution in [3.05, 3.63) is 73.2 Å². The molecule has 3 rings (SSSR count). The predicted molar refractivity (Wildman–Crippen MR) is 97.0 cm³/mol. The summed E-state index contributed by atoms with van der Waals surface area (Å²) in [6, 6.07) is 11.9. The molecule has 0 saturated carbocycles. The zero-order valence-electron chi connectivity index (χ0n) is 11.8. The highest BCUT2D eigenvalue weighted by Gasteiger charge is 2.14. The Morgan fingerprint density at radius 3 is 2.61 bits per heavy atom. The first-order valence-corrected chi connectivity index (χ1v) is 8.32. The molecule has 23 heavy (non-hydrogen) atoms. The fourth-order valence-electron chi connectivity index (χ4n) is 2.26. The lowest BCUT2D eigenvalue weighted by atomic mass is 10.0. The summed E-state index contributed by atoms with van der Waals surface area (Å²) in [5, 5.41) is 1.82. The number of nitrogens with two attached hydrogens (primary N) is 1. The predicted octanol–water partition coefficient (Wildman–Crippen LogP) is 4.58. The standard InChI is InChI=1S/C17H11Cl2NO2S/c18-11-3-2-10-7-12(17(22)23-16(10)8-11)15(21)6-9-1-4-13(19)14(20)5-9/h1-5,7-8H,6,20H2. The molecule has 0 aliphatic heterocycles. The molecule has 116 valence electrons. The molecule has 2 N–H and O–H groups in total. The molecule has 0 fully saturated rings. The molecule has 1 heterocycles. The van der Waals surface area contributed by atoms with E-state index in [1.165, 1.54) is 0 Å². The second kappa shape index (κ2) is 6.32. The number of ketones is 1. The van der Waals surface area contributed by atoms with Crippen LogP contribution < -0.4 is 10.5 Å². The van der Waals surface area contributed by atoms with Crippen molar-refractivity contribution >= 4 is 56.1 Å². The highest BCUT2D eigenvalue weighted by atomic mass is 35.5. The molecule has 6 heteroatoms. The van der Waals surface area contributed by atoms with Crippen LogP contribution >= 0.6 is 34.5 Å². The van der Waals surface area contributed by atoms with Gasteiger partial charge in [0.1, 0.15) is 0 Å². The third kappa shape index (κ3) is 3.39. The summed E-state index contributed by atoms with van der Waals surface area (Å²) < 4.78 is 0.487.